The number of amides is 1. The number of nitrogens with zero attached hydrogens (tertiary/aromatic N) is 1. The Labute approximate surface area is 163 Å². The molecule has 28 heavy (non-hydrogen) atoms. The van der Waals surface area contributed by atoms with Crippen molar-refractivity contribution >= 4 is 22.5 Å². The summed E-state index contributed by atoms with van der Waals surface area (Å²) in [5.41, 5.74) is 4.19. The van der Waals surface area contributed by atoms with Gasteiger partial charge in [0.2, 0.25) is 5.75 Å². The summed E-state index contributed by atoms with van der Waals surface area (Å²) in [7, 11) is 4.64. The monoisotopic (exact) mass is 378 g/mol. The summed E-state index contributed by atoms with van der Waals surface area (Å²) in [5.74, 6) is 1.30. The van der Waals surface area contributed by atoms with Crippen LogP contribution < -0.4 is 19.5 Å². The number of fused-ring (bicyclic) bond motifs is 2. The van der Waals surface area contributed by atoms with Crippen LogP contribution in [0.2, 0.25) is 0 Å². The number of nitrogens with one attached hydrogen (secondary N) is 1. The summed E-state index contributed by atoms with van der Waals surface area (Å²) in [6, 6.07) is 11.2. The van der Waals surface area contributed by atoms with Gasteiger partial charge in [0.25, 0.3) is 5.91 Å². The number of methoxy groups -OCH3 is 3. The van der Waals surface area contributed by atoms with Crippen LogP contribution >= 0.6 is 0 Å². The van der Waals surface area contributed by atoms with E-state index in [0.29, 0.717) is 28.5 Å². The summed E-state index contributed by atoms with van der Waals surface area (Å²) in [4.78, 5) is 18.0. The second-order valence-electron chi connectivity index (χ2n) is 6.65. The first-order valence-corrected chi connectivity index (χ1v) is 9.18. The van der Waals surface area contributed by atoms with E-state index < -0.39 is 0 Å². The number of ether oxygens (including phenoxy) is 3. The van der Waals surface area contributed by atoms with E-state index in [9.17, 15) is 4.79 Å². The number of hydrogen-bond acceptors (Lipinski definition) is 5. The maximum atomic E-state index is 13.3. The average Bonchev–Trinajstić information content (AvgIpc) is 3.18. The molecule has 4 rings (SSSR count). The molecule has 0 saturated carbocycles. The number of carbonyl (C=O) groups is 1. The van der Waals surface area contributed by atoms with E-state index in [4.69, 9.17) is 19.2 Å². The van der Waals surface area contributed by atoms with Crippen LogP contribution in [0.4, 0.5) is 5.69 Å². The van der Waals surface area contributed by atoms with Crippen LogP contribution in [-0.2, 0) is 12.8 Å². The van der Waals surface area contributed by atoms with Crippen molar-refractivity contribution < 1.29 is 19.0 Å². The molecule has 6 nitrogen and oxygen atoms in total. The van der Waals surface area contributed by atoms with Gasteiger partial charge in [-0.25, -0.2) is 0 Å². The number of aromatic nitrogens is 1. The molecule has 0 unspecified atom stereocenters. The Bertz CT molecular complexity index is 1040. The molecule has 0 spiro atoms. The minimum absolute atomic E-state index is 0.161. The van der Waals surface area contributed by atoms with Crippen molar-refractivity contribution in [3.63, 3.8) is 0 Å². The Morgan fingerprint density at radius 1 is 1.00 bits per heavy atom. The average molecular weight is 378 g/mol. The standard InChI is InChI=1S/C22H22N2O4/c1-26-18-11-13(12-19(27-2)21(18)28-3)23-22(25)20-14-7-4-5-9-16(14)24-17-10-6-8-15(17)20/h4-5,7,9,11-12H,6,8,10H2,1-3H3,(H,23,25). The Morgan fingerprint density at radius 2 is 1.71 bits per heavy atom. The molecule has 0 fully saturated rings. The first-order chi connectivity index (χ1) is 13.7. The molecule has 144 valence electrons. The highest BCUT2D eigenvalue weighted by molar-refractivity contribution is 6.13. The molecule has 1 aliphatic rings. The summed E-state index contributed by atoms with van der Waals surface area (Å²) in [6.45, 7) is 0. The van der Waals surface area contributed by atoms with Crippen LogP contribution in [0.5, 0.6) is 17.2 Å². The number of para-hydroxylation sites is 1. The van der Waals surface area contributed by atoms with Crippen molar-refractivity contribution in [2.45, 2.75) is 19.3 Å². The molecule has 0 atom stereocenters. The minimum atomic E-state index is -0.161. The number of carbonyl (C=O) groups excluding carboxylic acids is 1. The normalized spacial score (nSPS) is 12.5. The zero-order chi connectivity index (χ0) is 19.7. The molecule has 0 radical (unpaired) electrons. The maximum Gasteiger partial charge on any atom is 0.256 e. The molecule has 1 heterocycles. The predicted octanol–water partition coefficient (Wildman–Crippen LogP) is 4.00. The van der Waals surface area contributed by atoms with Gasteiger partial charge in [0.1, 0.15) is 0 Å². The number of aryl methyl sites for hydroxylation is 1. The number of rotatable bonds is 5. The molecule has 3 aromatic rings. The van der Waals surface area contributed by atoms with Crippen LogP contribution in [0, 0.1) is 0 Å². The molecule has 1 aliphatic carbocycles. The van der Waals surface area contributed by atoms with Gasteiger partial charge < -0.3 is 19.5 Å². The third-order valence-electron chi connectivity index (χ3n) is 5.07. The van der Waals surface area contributed by atoms with Gasteiger partial charge in [-0.1, -0.05) is 18.2 Å². The smallest absolute Gasteiger partial charge is 0.256 e. The lowest BCUT2D eigenvalue weighted by Crippen LogP contribution is -2.16. The SMILES string of the molecule is COc1cc(NC(=O)c2c3c(nc4ccccc24)CCC3)cc(OC)c1OC. The van der Waals surface area contributed by atoms with Crippen LogP contribution in [0.15, 0.2) is 36.4 Å². The van der Waals surface area contributed by atoms with Crippen molar-refractivity contribution in [1.82, 2.24) is 4.98 Å². The van der Waals surface area contributed by atoms with Crippen LogP contribution in [-0.4, -0.2) is 32.2 Å². The first kappa shape index (κ1) is 18.1. The number of hydrogen-bond donors (Lipinski definition) is 1. The lowest BCUT2D eigenvalue weighted by Gasteiger charge is -2.16. The molecule has 1 aromatic heterocycles. The molecule has 0 aliphatic heterocycles. The number of benzene rings is 2. The van der Waals surface area contributed by atoms with E-state index in [1.54, 1.807) is 33.5 Å². The van der Waals surface area contributed by atoms with Gasteiger partial charge >= 0.3 is 0 Å². The highest BCUT2D eigenvalue weighted by Crippen LogP contribution is 2.40. The Hall–Kier alpha value is -3.28. The Morgan fingerprint density at radius 3 is 2.39 bits per heavy atom. The molecular formula is C22H22N2O4. The van der Waals surface area contributed by atoms with Gasteiger partial charge in [-0.15, -0.1) is 0 Å². The fraction of sp³-hybridized carbons (Fsp3) is 0.273. The highest BCUT2D eigenvalue weighted by atomic mass is 16.5. The topological polar surface area (TPSA) is 69.7 Å². The Balaban J connectivity index is 1.78. The molecular weight excluding hydrogens is 356 g/mol. The van der Waals surface area contributed by atoms with E-state index >= 15 is 0 Å². The molecule has 1 N–H and O–H groups in total. The van der Waals surface area contributed by atoms with Crippen molar-refractivity contribution in [3.8, 4) is 17.2 Å². The van der Waals surface area contributed by atoms with E-state index in [-0.39, 0.29) is 5.91 Å². The second kappa shape index (κ2) is 7.38. The van der Waals surface area contributed by atoms with E-state index in [1.807, 2.05) is 24.3 Å². The van der Waals surface area contributed by atoms with Crippen molar-refractivity contribution in [3.05, 3.63) is 53.2 Å². The molecule has 0 saturated heterocycles. The highest BCUT2D eigenvalue weighted by Gasteiger charge is 2.24. The minimum Gasteiger partial charge on any atom is -0.493 e. The third kappa shape index (κ3) is 3.01. The summed E-state index contributed by atoms with van der Waals surface area (Å²) < 4.78 is 16.1. The van der Waals surface area contributed by atoms with Crippen molar-refractivity contribution in [2.75, 3.05) is 26.6 Å². The van der Waals surface area contributed by atoms with E-state index in [1.165, 1.54) is 0 Å². The zero-order valence-corrected chi connectivity index (χ0v) is 16.2. The zero-order valence-electron chi connectivity index (χ0n) is 16.2. The summed E-state index contributed by atoms with van der Waals surface area (Å²) in [6.07, 6.45) is 2.79. The summed E-state index contributed by atoms with van der Waals surface area (Å²) >= 11 is 0. The lowest BCUT2D eigenvalue weighted by atomic mass is 10.0. The van der Waals surface area contributed by atoms with Gasteiger partial charge in [-0.05, 0) is 30.9 Å². The quantitative estimate of drug-likeness (QED) is 0.727. The maximum absolute atomic E-state index is 13.3. The predicted molar refractivity (Wildman–Crippen MR) is 108 cm³/mol. The van der Waals surface area contributed by atoms with Crippen LogP contribution in [0.3, 0.4) is 0 Å². The number of pyridine rings is 1. The summed E-state index contributed by atoms with van der Waals surface area (Å²) in [5, 5.41) is 3.87. The largest absolute Gasteiger partial charge is 0.493 e. The molecule has 0 bridgehead atoms. The van der Waals surface area contributed by atoms with Gasteiger partial charge in [-0.2, -0.15) is 0 Å². The van der Waals surface area contributed by atoms with E-state index in [0.717, 1.165) is 41.4 Å². The van der Waals surface area contributed by atoms with Gasteiger partial charge in [0, 0.05) is 28.9 Å². The first-order valence-electron chi connectivity index (χ1n) is 9.18. The van der Waals surface area contributed by atoms with Gasteiger partial charge in [0.15, 0.2) is 11.5 Å². The fourth-order valence-electron chi connectivity index (χ4n) is 3.82. The van der Waals surface area contributed by atoms with Gasteiger partial charge in [-0.3, -0.25) is 9.78 Å². The van der Waals surface area contributed by atoms with Crippen LogP contribution in [0.1, 0.15) is 28.0 Å². The Kier molecular flexibility index (Phi) is 4.77. The van der Waals surface area contributed by atoms with Gasteiger partial charge in [0.05, 0.1) is 32.4 Å². The second-order valence-corrected chi connectivity index (χ2v) is 6.65. The molecule has 6 heteroatoms. The fourth-order valence-corrected chi connectivity index (χ4v) is 3.82. The third-order valence-corrected chi connectivity index (χ3v) is 5.07. The van der Waals surface area contributed by atoms with Crippen molar-refractivity contribution in [1.29, 1.82) is 0 Å². The lowest BCUT2D eigenvalue weighted by molar-refractivity contribution is 0.102. The number of anilines is 1. The molecule has 2 aromatic carbocycles. The van der Waals surface area contributed by atoms with Crippen molar-refractivity contribution in [2.24, 2.45) is 0 Å². The van der Waals surface area contributed by atoms with Crippen LogP contribution in [0.25, 0.3) is 10.9 Å². The molecule has 1 amide bonds. The van der Waals surface area contributed by atoms with E-state index in [2.05, 4.69) is 5.32 Å².